The number of hydrogen-bond donors (Lipinski definition) is 1. The number of hydrogen-bond acceptors (Lipinski definition) is 5. The molecule has 1 N–H and O–H groups in total. The molecule has 3 aromatic carbocycles. The number of aromatic nitrogens is 2. The first-order chi connectivity index (χ1) is 16.8. The van der Waals surface area contributed by atoms with Crippen molar-refractivity contribution in [2.45, 2.75) is 18.4 Å². The van der Waals surface area contributed by atoms with Crippen LogP contribution in [-0.4, -0.2) is 37.8 Å². The summed E-state index contributed by atoms with van der Waals surface area (Å²) in [4.78, 5) is 12.4. The lowest BCUT2D eigenvalue weighted by atomic mass is 10.2. The number of nitrogens with one attached hydrogen (secondary N) is 1. The van der Waals surface area contributed by atoms with Gasteiger partial charge >= 0.3 is 0 Å². The van der Waals surface area contributed by atoms with Gasteiger partial charge in [-0.15, -0.1) is 0 Å². The van der Waals surface area contributed by atoms with Crippen LogP contribution in [0, 0.1) is 6.92 Å². The van der Waals surface area contributed by atoms with Crippen molar-refractivity contribution >= 4 is 21.6 Å². The van der Waals surface area contributed by atoms with Crippen LogP contribution >= 0.6 is 0 Å². The zero-order chi connectivity index (χ0) is 24.8. The van der Waals surface area contributed by atoms with Gasteiger partial charge < -0.3 is 10.1 Å². The molecule has 35 heavy (non-hydrogen) atoms. The van der Waals surface area contributed by atoms with Crippen LogP contribution in [0.4, 0.5) is 5.69 Å². The number of anilines is 1. The van der Waals surface area contributed by atoms with Crippen molar-refractivity contribution in [2.75, 3.05) is 18.0 Å². The molecular formula is C26H26N4O4S. The van der Waals surface area contributed by atoms with E-state index in [2.05, 4.69) is 10.4 Å². The molecule has 0 spiro atoms. The smallest absolute Gasteiger partial charge is 0.264 e. The average Bonchev–Trinajstić information content (AvgIpc) is 3.36. The van der Waals surface area contributed by atoms with E-state index in [0.717, 1.165) is 16.8 Å². The Hall–Kier alpha value is -4.11. The van der Waals surface area contributed by atoms with E-state index < -0.39 is 10.0 Å². The van der Waals surface area contributed by atoms with E-state index in [1.165, 1.54) is 11.4 Å². The summed E-state index contributed by atoms with van der Waals surface area (Å²) in [6.45, 7) is 2.07. The Morgan fingerprint density at radius 1 is 1.00 bits per heavy atom. The molecule has 0 saturated heterocycles. The first-order valence-corrected chi connectivity index (χ1v) is 12.4. The number of sulfonamides is 1. The molecule has 0 atom stereocenters. The number of amides is 1. The van der Waals surface area contributed by atoms with E-state index in [4.69, 9.17) is 4.74 Å². The van der Waals surface area contributed by atoms with E-state index in [1.54, 1.807) is 59.4 Å². The summed E-state index contributed by atoms with van der Waals surface area (Å²) in [7, 11) is -2.18. The predicted octanol–water partition coefficient (Wildman–Crippen LogP) is 3.70. The van der Waals surface area contributed by atoms with Crippen LogP contribution in [0.25, 0.3) is 5.69 Å². The third-order valence-corrected chi connectivity index (χ3v) is 7.20. The summed E-state index contributed by atoms with van der Waals surface area (Å²) < 4.78 is 34.2. The van der Waals surface area contributed by atoms with Crippen molar-refractivity contribution in [3.63, 3.8) is 0 Å². The fraction of sp³-hybridized carbons (Fsp3) is 0.154. The molecule has 0 aliphatic heterocycles. The highest BCUT2D eigenvalue weighted by Crippen LogP contribution is 2.24. The van der Waals surface area contributed by atoms with Crippen molar-refractivity contribution in [3.8, 4) is 11.4 Å². The van der Waals surface area contributed by atoms with Crippen LogP contribution < -0.4 is 14.4 Å². The van der Waals surface area contributed by atoms with E-state index >= 15 is 0 Å². The standard InChI is InChI=1S/C26H26N4O4S/c1-20-8-14-25(15-9-20)35(32,33)29(2)22-10-12-24(13-11-22)34-19-26(31)27-16-21-17-28-30(18-21)23-6-4-3-5-7-23/h3-15,17-18H,16,19H2,1-2H3,(H,27,31). The molecule has 0 aliphatic rings. The van der Waals surface area contributed by atoms with Crippen LogP contribution in [0.15, 0.2) is 96.2 Å². The number of carbonyl (C=O) groups excluding carboxylic acids is 1. The van der Waals surface area contributed by atoms with Gasteiger partial charge in [-0.05, 0) is 55.5 Å². The average molecular weight is 491 g/mol. The second kappa shape index (κ2) is 10.4. The van der Waals surface area contributed by atoms with Crippen molar-refractivity contribution in [1.29, 1.82) is 0 Å². The van der Waals surface area contributed by atoms with Crippen molar-refractivity contribution in [2.24, 2.45) is 0 Å². The number of carbonyl (C=O) groups is 1. The number of aryl methyl sites for hydroxylation is 1. The van der Waals surface area contributed by atoms with Gasteiger partial charge in [0, 0.05) is 25.4 Å². The highest BCUT2D eigenvalue weighted by Gasteiger charge is 2.21. The third-order valence-electron chi connectivity index (χ3n) is 5.40. The van der Waals surface area contributed by atoms with Gasteiger partial charge in [0.1, 0.15) is 5.75 Å². The molecule has 0 bridgehead atoms. The molecule has 0 aliphatic carbocycles. The quantitative estimate of drug-likeness (QED) is 0.386. The SMILES string of the molecule is Cc1ccc(S(=O)(=O)N(C)c2ccc(OCC(=O)NCc3cnn(-c4ccccc4)c3)cc2)cc1. The third kappa shape index (κ3) is 5.88. The molecule has 1 aromatic heterocycles. The minimum absolute atomic E-state index is 0.163. The molecule has 180 valence electrons. The summed E-state index contributed by atoms with van der Waals surface area (Å²) in [5.74, 6) is 0.183. The minimum Gasteiger partial charge on any atom is -0.484 e. The van der Waals surface area contributed by atoms with Crippen molar-refractivity contribution in [1.82, 2.24) is 15.1 Å². The van der Waals surface area contributed by atoms with Gasteiger partial charge in [-0.25, -0.2) is 13.1 Å². The van der Waals surface area contributed by atoms with Crippen LogP contribution in [0.3, 0.4) is 0 Å². The number of benzene rings is 3. The number of ether oxygens (including phenoxy) is 1. The van der Waals surface area contributed by atoms with Gasteiger partial charge in [0.2, 0.25) is 0 Å². The van der Waals surface area contributed by atoms with Crippen LogP contribution in [0.5, 0.6) is 5.75 Å². The fourth-order valence-electron chi connectivity index (χ4n) is 3.33. The second-order valence-corrected chi connectivity index (χ2v) is 9.94. The zero-order valence-corrected chi connectivity index (χ0v) is 20.3. The Morgan fingerprint density at radius 3 is 2.37 bits per heavy atom. The molecule has 0 saturated carbocycles. The Bertz CT molecular complexity index is 1380. The number of nitrogens with zero attached hydrogens (tertiary/aromatic N) is 3. The molecule has 0 radical (unpaired) electrons. The first-order valence-electron chi connectivity index (χ1n) is 11.0. The molecule has 0 unspecified atom stereocenters. The van der Waals surface area contributed by atoms with E-state index in [0.29, 0.717) is 18.0 Å². The number of rotatable bonds is 9. The monoisotopic (exact) mass is 490 g/mol. The van der Waals surface area contributed by atoms with Gasteiger partial charge in [0.15, 0.2) is 6.61 Å². The Balaban J connectivity index is 1.28. The first kappa shape index (κ1) is 24.0. The Labute approximate surface area is 204 Å². The molecule has 9 heteroatoms. The lowest BCUT2D eigenvalue weighted by Gasteiger charge is -2.20. The highest BCUT2D eigenvalue weighted by molar-refractivity contribution is 7.92. The Kier molecular flexibility index (Phi) is 7.17. The largest absolute Gasteiger partial charge is 0.484 e. The van der Waals surface area contributed by atoms with E-state index in [1.807, 2.05) is 43.5 Å². The molecule has 0 fully saturated rings. The maximum atomic E-state index is 12.9. The van der Waals surface area contributed by atoms with Gasteiger partial charge in [-0.1, -0.05) is 35.9 Å². The molecule has 4 aromatic rings. The van der Waals surface area contributed by atoms with Crippen LogP contribution in [0.2, 0.25) is 0 Å². The molecule has 1 amide bonds. The van der Waals surface area contributed by atoms with E-state index in [9.17, 15) is 13.2 Å². The molecule has 8 nitrogen and oxygen atoms in total. The van der Waals surface area contributed by atoms with Gasteiger partial charge in [-0.3, -0.25) is 9.10 Å². The fourth-order valence-corrected chi connectivity index (χ4v) is 4.53. The number of para-hydroxylation sites is 1. The Morgan fingerprint density at radius 2 is 1.69 bits per heavy atom. The second-order valence-electron chi connectivity index (χ2n) is 7.97. The van der Waals surface area contributed by atoms with Gasteiger partial charge in [-0.2, -0.15) is 5.10 Å². The van der Waals surface area contributed by atoms with Crippen LogP contribution in [0.1, 0.15) is 11.1 Å². The lowest BCUT2D eigenvalue weighted by Crippen LogP contribution is -2.28. The maximum Gasteiger partial charge on any atom is 0.264 e. The topological polar surface area (TPSA) is 93.5 Å². The summed E-state index contributed by atoms with van der Waals surface area (Å²) in [6, 6.07) is 22.9. The van der Waals surface area contributed by atoms with Crippen molar-refractivity contribution in [3.05, 3.63) is 102 Å². The summed E-state index contributed by atoms with van der Waals surface area (Å²) in [5, 5.41) is 7.11. The zero-order valence-electron chi connectivity index (χ0n) is 19.5. The maximum absolute atomic E-state index is 12.9. The lowest BCUT2D eigenvalue weighted by molar-refractivity contribution is -0.123. The molecule has 1 heterocycles. The van der Waals surface area contributed by atoms with Crippen molar-refractivity contribution < 1.29 is 17.9 Å². The summed E-state index contributed by atoms with van der Waals surface area (Å²) >= 11 is 0. The summed E-state index contributed by atoms with van der Waals surface area (Å²) in [6.07, 6.45) is 3.56. The summed E-state index contributed by atoms with van der Waals surface area (Å²) in [5.41, 5.74) is 3.27. The highest BCUT2D eigenvalue weighted by atomic mass is 32.2. The molecular weight excluding hydrogens is 464 g/mol. The normalized spacial score (nSPS) is 11.1. The van der Waals surface area contributed by atoms with Gasteiger partial charge in [0.05, 0.1) is 22.5 Å². The minimum atomic E-state index is -3.68. The molecule has 4 rings (SSSR count). The van der Waals surface area contributed by atoms with Gasteiger partial charge in [0.25, 0.3) is 15.9 Å². The van der Waals surface area contributed by atoms with E-state index in [-0.39, 0.29) is 17.4 Å². The van der Waals surface area contributed by atoms with Crippen LogP contribution in [-0.2, 0) is 21.4 Å². The predicted molar refractivity (Wildman–Crippen MR) is 134 cm³/mol.